The van der Waals surface area contributed by atoms with Crippen LogP contribution in [-0.2, 0) is 11.0 Å². The lowest BCUT2D eigenvalue weighted by Gasteiger charge is -2.43. The lowest BCUT2D eigenvalue weighted by Crippen LogP contribution is -2.65. The van der Waals surface area contributed by atoms with E-state index in [9.17, 15) is 18.0 Å². The Hall–Kier alpha value is -1.47. The van der Waals surface area contributed by atoms with Gasteiger partial charge in [0.05, 0.1) is 17.5 Å². The second kappa shape index (κ2) is 5.14. The first-order valence-corrected chi connectivity index (χ1v) is 6.16. The fourth-order valence-corrected chi connectivity index (χ4v) is 2.34. The SMILES string of the molecule is O=C(O)CC1(Nc2cc(Cl)cc(C(F)(F)F)c2)CNC1. The van der Waals surface area contributed by atoms with Crippen molar-refractivity contribution in [2.75, 3.05) is 18.4 Å². The van der Waals surface area contributed by atoms with Crippen LogP contribution < -0.4 is 10.6 Å². The zero-order valence-corrected chi connectivity index (χ0v) is 11.0. The summed E-state index contributed by atoms with van der Waals surface area (Å²) >= 11 is 5.68. The Bertz CT molecular complexity index is 530. The van der Waals surface area contributed by atoms with Gasteiger partial charge in [-0.25, -0.2) is 0 Å². The van der Waals surface area contributed by atoms with Crippen molar-refractivity contribution in [3.8, 4) is 0 Å². The first kappa shape index (κ1) is 14.9. The molecule has 110 valence electrons. The Morgan fingerprint density at radius 2 is 2.05 bits per heavy atom. The Morgan fingerprint density at radius 1 is 1.40 bits per heavy atom. The molecule has 1 aromatic rings. The van der Waals surface area contributed by atoms with Crippen molar-refractivity contribution in [1.82, 2.24) is 5.32 Å². The number of benzene rings is 1. The fraction of sp³-hybridized carbons (Fsp3) is 0.417. The van der Waals surface area contributed by atoms with E-state index in [0.29, 0.717) is 13.1 Å². The molecule has 2 rings (SSSR count). The monoisotopic (exact) mass is 308 g/mol. The highest BCUT2D eigenvalue weighted by Crippen LogP contribution is 2.34. The van der Waals surface area contributed by atoms with E-state index in [4.69, 9.17) is 16.7 Å². The first-order chi connectivity index (χ1) is 9.20. The van der Waals surface area contributed by atoms with Crippen LogP contribution in [0.15, 0.2) is 18.2 Å². The van der Waals surface area contributed by atoms with Crippen LogP contribution in [0.1, 0.15) is 12.0 Å². The van der Waals surface area contributed by atoms with Gasteiger partial charge in [-0.2, -0.15) is 13.2 Å². The predicted octanol–water partition coefficient (Wildman–Crippen LogP) is 2.59. The van der Waals surface area contributed by atoms with Gasteiger partial charge in [0, 0.05) is 23.8 Å². The second-order valence-corrected chi connectivity index (χ2v) is 5.24. The summed E-state index contributed by atoms with van der Waals surface area (Å²) in [6.45, 7) is 0.736. The van der Waals surface area contributed by atoms with E-state index in [1.165, 1.54) is 6.07 Å². The fourth-order valence-electron chi connectivity index (χ4n) is 2.11. The van der Waals surface area contributed by atoms with Crippen LogP contribution >= 0.6 is 11.6 Å². The molecule has 0 bridgehead atoms. The molecule has 1 saturated heterocycles. The zero-order valence-electron chi connectivity index (χ0n) is 10.2. The van der Waals surface area contributed by atoms with Crippen molar-refractivity contribution in [3.05, 3.63) is 28.8 Å². The number of anilines is 1. The number of halogens is 4. The molecule has 20 heavy (non-hydrogen) atoms. The molecule has 0 saturated carbocycles. The van der Waals surface area contributed by atoms with Crippen LogP contribution in [0, 0.1) is 0 Å². The van der Waals surface area contributed by atoms with Gasteiger partial charge in [0.2, 0.25) is 0 Å². The van der Waals surface area contributed by atoms with Gasteiger partial charge in [-0.1, -0.05) is 11.6 Å². The van der Waals surface area contributed by atoms with Crippen molar-refractivity contribution < 1.29 is 23.1 Å². The summed E-state index contributed by atoms with van der Waals surface area (Å²) in [5.74, 6) is -1.02. The van der Waals surface area contributed by atoms with Crippen LogP contribution in [0.2, 0.25) is 5.02 Å². The number of carboxylic acid groups (broad SMARTS) is 1. The minimum absolute atomic E-state index is 0.0555. The van der Waals surface area contributed by atoms with Gasteiger partial charge in [-0.15, -0.1) is 0 Å². The van der Waals surface area contributed by atoms with Gasteiger partial charge in [-0.05, 0) is 18.2 Å². The average Bonchev–Trinajstić information content (AvgIpc) is 2.23. The standard InChI is InChI=1S/C12H12ClF3N2O2/c13-8-1-7(12(14,15)16)2-9(3-8)18-11(4-10(19)20)5-17-6-11/h1-3,17-18H,4-6H2,(H,19,20). The van der Waals surface area contributed by atoms with Gasteiger partial charge < -0.3 is 15.7 Å². The smallest absolute Gasteiger partial charge is 0.416 e. The zero-order chi connectivity index (χ0) is 15.0. The lowest BCUT2D eigenvalue weighted by atomic mass is 9.88. The largest absolute Gasteiger partial charge is 0.481 e. The van der Waals surface area contributed by atoms with E-state index in [2.05, 4.69) is 10.6 Å². The van der Waals surface area contributed by atoms with E-state index in [0.717, 1.165) is 12.1 Å². The number of hydrogen-bond acceptors (Lipinski definition) is 3. The number of hydrogen-bond donors (Lipinski definition) is 3. The highest BCUT2D eigenvalue weighted by atomic mass is 35.5. The second-order valence-electron chi connectivity index (χ2n) is 4.81. The van der Waals surface area contributed by atoms with Gasteiger partial charge in [0.15, 0.2) is 0 Å². The summed E-state index contributed by atoms with van der Waals surface area (Å²) in [5, 5.41) is 14.6. The van der Waals surface area contributed by atoms with E-state index in [-0.39, 0.29) is 17.1 Å². The minimum Gasteiger partial charge on any atom is -0.481 e. The molecule has 0 aromatic heterocycles. The van der Waals surface area contributed by atoms with Crippen LogP contribution in [0.5, 0.6) is 0 Å². The molecule has 0 aliphatic carbocycles. The number of carbonyl (C=O) groups is 1. The number of carboxylic acids is 1. The number of aliphatic carboxylic acids is 1. The maximum Gasteiger partial charge on any atom is 0.416 e. The highest BCUT2D eigenvalue weighted by molar-refractivity contribution is 6.30. The average molecular weight is 309 g/mol. The molecule has 3 N–H and O–H groups in total. The van der Waals surface area contributed by atoms with Gasteiger partial charge in [-0.3, -0.25) is 4.79 Å². The third-order valence-corrected chi connectivity index (χ3v) is 3.27. The van der Waals surface area contributed by atoms with Crippen molar-refractivity contribution in [2.45, 2.75) is 18.1 Å². The lowest BCUT2D eigenvalue weighted by molar-refractivity contribution is -0.139. The molecule has 0 spiro atoms. The van der Waals surface area contributed by atoms with Crippen LogP contribution in [0.4, 0.5) is 18.9 Å². The molecular weight excluding hydrogens is 297 g/mol. The van der Waals surface area contributed by atoms with Gasteiger partial charge in [0.1, 0.15) is 0 Å². The molecular formula is C12H12ClF3N2O2. The molecule has 1 heterocycles. The maximum atomic E-state index is 12.7. The van der Waals surface area contributed by atoms with Crippen molar-refractivity contribution in [1.29, 1.82) is 0 Å². The molecule has 1 aromatic carbocycles. The van der Waals surface area contributed by atoms with Crippen molar-refractivity contribution >= 4 is 23.3 Å². The summed E-state index contributed by atoms with van der Waals surface area (Å²) in [7, 11) is 0. The van der Waals surface area contributed by atoms with Crippen molar-refractivity contribution in [3.63, 3.8) is 0 Å². The topological polar surface area (TPSA) is 61.4 Å². The van der Waals surface area contributed by atoms with Crippen molar-refractivity contribution in [2.24, 2.45) is 0 Å². The van der Waals surface area contributed by atoms with Crippen LogP contribution in [0.25, 0.3) is 0 Å². The highest BCUT2D eigenvalue weighted by Gasteiger charge is 2.39. The molecule has 1 aliphatic heterocycles. The summed E-state index contributed by atoms with van der Waals surface area (Å²) in [6.07, 6.45) is -4.69. The minimum atomic E-state index is -4.50. The van der Waals surface area contributed by atoms with Gasteiger partial charge in [0.25, 0.3) is 0 Å². The maximum absolute atomic E-state index is 12.7. The Balaban J connectivity index is 2.25. The molecule has 1 fully saturated rings. The number of rotatable bonds is 4. The molecule has 0 unspecified atom stereocenters. The normalized spacial score (nSPS) is 17.4. The molecule has 0 amide bonds. The Kier molecular flexibility index (Phi) is 3.84. The summed E-state index contributed by atoms with van der Waals surface area (Å²) in [4.78, 5) is 10.8. The molecule has 4 nitrogen and oxygen atoms in total. The first-order valence-electron chi connectivity index (χ1n) is 5.79. The van der Waals surface area contributed by atoms with Crippen LogP contribution in [-0.4, -0.2) is 29.7 Å². The predicted molar refractivity (Wildman–Crippen MR) is 67.9 cm³/mol. The third-order valence-electron chi connectivity index (χ3n) is 3.05. The summed E-state index contributed by atoms with van der Waals surface area (Å²) in [5.41, 5.74) is -1.49. The summed E-state index contributed by atoms with van der Waals surface area (Å²) < 4.78 is 38.1. The van der Waals surface area contributed by atoms with E-state index in [1.54, 1.807) is 0 Å². The molecule has 0 radical (unpaired) electrons. The Labute approximate surface area is 117 Å². The molecule has 8 heteroatoms. The summed E-state index contributed by atoms with van der Waals surface area (Å²) in [6, 6.07) is 3.10. The third kappa shape index (κ3) is 3.34. The van der Waals surface area contributed by atoms with E-state index in [1.807, 2.05) is 0 Å². The van der Waals surface area contributed by atoms with Crippen LogP contribution in [0.3, 0.4) is 0 Å². The number of alkyl halides is 3. The molecule has 0 atom stereocenters. The number of nitrogens with one attached hydrogen (secondary N) is 2. The Morgan fingerprint density at radius 3 is 2.50 bits per heavy atom. The molecule has 1 aliphatic rings. The van der Waals surface area contributed by atoms with E-state index >= 15 is 0 Å². The van der Waals surface area contributed by atoms with Gasteiger partial charge >= 0.3 is 12.1 Å². The van der Waals surface area contributed by atoms with E-state index < -0.39 is 23.2 Å². The quantitative estimate of drug-likeness (QED) is 0.800.